The van der Waals surface area contributed by atoms with Crippen molar-refractivity contribution in [1.82, 2.24) is 4.57 Å². The molecule has 0 atom stereocenters. The number of aromatic nitrogens is 1. The SMILES string of the molecule is NCCCn1cc(-c2ccccc2F)ccc1=O. The van der Waals surface area contributed by atoms with Crippen LogP contribution in [-0.4, -0.2) is 11.1 Å². The first-order valence-corrected chi connectivity index (χ1v) is 5.88. The number of hydrogen-bond acceptors (Lipinski definition) is 2. The highest BCUT2D eigenvalue weighted by molar-refractivity contribution is 5.62. The Morgan fingerprint density at radius 2 is 1.94 bits per heavy atom. The summed E-state index contributed by atoms with van der Waals surface area (Å²) in [6.45, 7) is 1.08. The van der Waals surface area contributed by atoms with Crippen molar-refractivity contribution in [3.63, 3.8) is 0 Å². The number of hydrogen-bond donors (Lipinski definition) is 1. The van der Waals surface area contributed by atoms with E-state index >= 15 is 0 Å². The zero-order valence-electron chi connectivity index (χ0n) is 9.97. The van der Waals surface area contributed by atoms with Crippen LogP contribution in [0.4, 0.5) is 4.39 Å². The van der Waals surface area contributed by atoms with Crippen LogP contribution >= 0.6 is 0 Å². The molecule has 0 aliphatic rings. The monoisotopic (exact) mass is 246 g/mol. The lowest BCUT2D eigenvalue weighted by Gasteiger charge is -2.08. The maximum absolute atomic E-state index is 13.7. The van der Waals surface area contributed by atoms with E-state index in [4.69, 9.17) is 5.73 Å². The highest BCUT2D eigenvalue weighted by atomic mass is 19.1. The lowest BCUT2D eigenvalue weighted by atomic mass is 10.1. The van der Waals surface area contributed by atoms with Gasteiger partial charge < -0.3 is 10.3 Å². The minimum absolute atomic E-state index is 0.0939. The molecule has 4 heteroatoms. The Morgan fingerprint density at radius 1 is 1.17 bits per heavy atom. The fourth-order valence-electron chi connectivity index (χ4n) is 1.82. The second kappa shape index (κ2) is 5.60. The van der Waals surface area contributed by atoms with Gasteiger partial charge in [0.2, 0.25) is 0 Å². The van der Waals surface area contributed by atoms with Crippen LogP contribution in [-0.2, 0) is 6.54 Å². The van der Waals surface area contributed by atoms with Crippen LogP contribution < -0.4 is 11.3 Å². The van der Waals surface area contributed by atoms with Crippen LogP contribution in [0.15, 0.2) is 47.4 Å². The Morgan fingerprint density at radius 3 is 2.67 bits per heavy atom. The molecule has 0 fully saturated rings. The average molecular weight is 246 g/mol. The van der Waals surface area contributed by atoms with Gasteiger partial charge in [-0.2, -0.15) is 0 Å². The summed E-state index contributed by atoms with van der Waals surface area (Å²) >= 11 is 0. The van der Waals surface area contributed by atoms with E-state index in [0.717, 1.165) is 6.42 Å². The van der Waals surface area contributed by atoms with Gasteiger partial charge >= 0.3 is 0 Å². The molecular formula is C14H15FN2O. The molecule has 2 aromatic rings. The van der Waals surface area contributed by atoms with E-state index in [1.807, 2.05) is 0 Å². The lowest BCUT2D eigenvalue weighted by Crippen LogP contribution is -2.20. The molecule has 2 N–H and O–H groups in total. The number of halogens is 1. The number of pyridine rings is 1. The normalized spacial score (nSPS) is 10.6. The van der Waals surface area contributed by atoms with Crippen LogP contribution in [0.2, 0.25) is 0 Å². The average Bonchev–Trinajstić information content (AvgIpc) is 2.39. The Labute approximate surface area is 105 Å². The molecule has 0 radical (unpaired) electrons. The third kappa shape index (κ3) is 2.65. The molecule has 0 saturated heterocycles. The molecule has 0 saturated carbocycles. The first-order valence-electron chi connectivity index (χ1n) is 5.88. The summed E-state index contributed by atoms with van der Waals surface area (Å²) in [7, 11) is 0. The zero-order valence-corrected chi connectivity index (χ0v) is 9.97. The molecule has 0 aliphatic heterocycles. The standard InChI is InChI=1S/C14H15FN2O/c15-13-5-2-1-4-12(13)11-6-7-14(18)17(10-11)9-3-8-16/h1-2,4-7,10H,3,8-9,16H2. The van der Waals surface area contributed by atoms with E-state index in [2.05, 4.69) is 0 Å². The van der Waals surface area contributed by atoms with Crippen molar-refractivity contribution in [1.29, 1.82) is 0 Å². The van der Waals surface area contributed by atoms with E-state index < -0.39 is 0 Å². The Hall–Kier alpha value is -1.94. The van der Waals surface area contributed by atoms with Crippen molar-refractivity contribution in [2.75, 3.05) is 6.54 Å². The second-order valence-electron chi connectivity index (χ2n) is 4.07. The highest BCUT2D eigenvalue weighted by Gasteiger charge is 2.05. The van der Waals surface area contributed by atoms with Gasteiger partial charge in [-0.25, -0.2) is 4.39 Å². The number of aryl methyl sites for hydroxylation is 1. The fraction of sp³-hybridized carbons (Fsp3) is 0.214. The van der Waals surface area contributed by atoms with Gasteiger partial charge in [0.05, 0.1) is 0 Å². The van der Waals surface area contributed by atoms with Gasteiger partial charge in [0.1, 0.15) is 5.82 Å². The smallest absolute Gasteiger partial charge is 0.250 e. The Balaban J connectivity index is 2.41. The molecule has 1 aromatic carbocycles. The largest absolute Gasteiger partial charge is 0.330 e. The molecule has 1 heterocycles. The summed E-state index contributed by atoms with van der Waals surface area (Å²) in [4.78, 5) is 11.6. The minimum atomic E-state index is -0.290. The van der Waals surface area contributed by atoms with Crippen molar-refractivity contribution in [3.8, 4) is 11.1 Å². The predicted octanol–water partition coefficient (Wildman–Crippen LogP) is 2.00. The van der Waals surface area contributed by atoms with E-state index in [1.165, 1.54) is 12.1 Å². The minimum Gasteiger partial charge on any atom is -0.330 e. The summed E-state index contributed by atoms with van der Waals surface area (Å²) in [6, 6.07) is 9.61. The molecule has 18 heavy (non-hydrogen) atoms. The summed E-state index contributed by atoms with van der Waals surface area (Å²) in [5.41, 5.74) is 6.53. The second-order valence-corrected chi connectivity index (χ2v) is 4.07. The molecule has 0 amide bonds. The van der Waals surface area contributed by atoms with Gasteiger partial charge in [0.25, 0.3) is 5.56 Å². The summed E-state index contributed by atoms with van der Waals surface area (Å²) in [5.74, 6) is -0.290. The van der Waals surface area contributed by atoms with Crippen LogP contribution in [0.3, 0.4) is 0 Å². The van der Waals surface area contributed by atoms with Gasteiger partial charge in [-0.05, 0) is 25.1 Å². The first kappa shape index (κ1) is 12.5. The van der Waals surface area contributed by atoms with Gasteiger partial charge in [-0.1, -0.05) is 18.2 Å². The highest BCUT2D eigenvalue weighted by Crippen LogP contribution is 2.20. The molecule has 0 bridgehead atoms. The maximum Gasteiger partial charge on any atom is 0.250 e. The van der Waals surface area contributed by atoms with E-state index in [1.54, 1.807) is 35.0 Å². The number of benzene rings is 1. The summed E-state index contributed by atoms with van der Waals surface area (Å²) in [5, 5.41) is 0. The van der Waals surface area contributed by atoms with Gasteiger partial charge in [-0.3, -0.25) is 4.79 Å². The van der Waals surface area contributed by atoms with Crippen molar-refractivity contribution in [2.45, 2.75) is 13.0 Å². The molecule has 2 rings (SSSR count). The Kier molecular flexibility index (Phi) is 3.89. The maximum atomic E-state index is 13.7. The van der Waals surface area contributed by atoms with E-state index in [9.17, 15) is 9.18 Å². The third-order valence-electron chi connectivity index (χ3n) is 2.77. The molecule has 94 valence electrons. The summed E-state index contributed by atoms with van der Waals surface area (Å²) < 4.78 is 15.2. The van der Waals surface area contributed by atoms with Crippen molar-refractivity contribution >= 4 is 0 Å². The van der Waals surface area contributed by atoms with Gasteiger partial charge in [-0.15, -0.1) is 0 Å². The Bertz CT molecular complexity index is 592. The first-order chi connectivity index (χ1) is 8.72. The summed E-state index contributed by atoms with van der Waals surface area (Å²) in [6.07, 6.45) is 2.40. The zero-order chi connectivity index (χ0) is 13.0. The van der Waals surface area contributed by atoms with Crippen LogP contribution in [0.1, 0.15) is 6.42 Å². The number of nitrogens with two attached hydrogens (primary N) is 1. The van der Waals surface area contributed by atoms with Crippen molar-refractivity contribution in [3.05, 3.63) is 58.8 Å². The fourth-order valence-corrected chi connectivity index (χ4v) is 1.82. The number of nitrogens with zero attached hydrogens (tertiary/aromatic N) is 1. The van der Waals surface area contributed by atoms with E-state index in [0.29, 0.717) is 24.2 Å². The molecule has 3 nitrogen and oxygen atoms in total. The van der Waals surface area contributed by atoms with Crippen LogP contribution in [0.25, 0.3) is 11.1 Å². The molecule has 0 unspecified atom stereocenters. The van der Waals surface area contributed by atoms with Crippen molar-refractivity contribution in [2.24, 2.45) is 5.73 Å². The molecule has 0 aliphatic carbocycles. The third-order valence-corrected chi connectivity index (χ3v) is 2.77. The predicted molar refractivity (Wildman–Crippen MR) is 69.8 cm³/mol. The molecule has 1 aromatic heterocycles. The quantitative estimate of drug-likeness (QED) is 0.897. The van der Waals surface area contributed by atoms with E-state index in [-0.39, 0.29) is 11.4 Å². The molecular weight excluding hydrogens is 231 g/mol. The van der Waals surface area contributed by atoms with Crippen molar-refractivity contribution < 1.29 is 4.39 Å². The molecule has 0 spiro atoms. The van der Waals surface area contributed by atoms with Crippen LogP contribution in [0.5, 0.6) is 0 Å². The topological polar surface area (TPSA) is 48.0 Å². The van der Waals surface area contributed by atoms with Gasteiger partial charge in [0, 0.05) is 29.9 Å². The lowest BCUT2D eigenvalue weighted by molar-refractivity contribution is 0.624. The number of rotatable bonds is 4. The van der Waals surface area contributed by atoms with Crippen LogP contribution in [0, 0.1) is 5.82 Å². The van der Waals surface area contributed by atoms with Gasteiger partial charge in [0.15, 0.2) is 0 Å².